The Balaban J connectivity index is 0.000000582. The SMILES string of the molecule is O=C(O)C(F)(F)F.O=C(O)[C@@H]1CCC[C@H](N[C@@H]2COc3cc(-c4noc(-c5onc(-c6ccccc6)c5C(F)(F)F)n4)ccc3[C@@H]2O)C1. The molecule has 18 heteroatoms. The number of alkyl halides is 6. The number of aliphatic carboxylic acids is 2. The molecule has 4 aromatic rings. The smallest absolute Gasteiger partial charge is 0.490 e. The first kappa shape index (κ1) is 34.4. The van der Waals surface area contributed by atoms with Gasteiger partial charge >= 0.3 is 24.3 Å². The number of fused-ring (bicyclic) bond motifs is 1. The summed E-state index contributed by atoms with van der Waals surface area (Å²) in [7, 11) is 0. The summed E-state index contributed by atoms with van der Waals surface area (Å²) in [6.45, 7) is 0.138. The van der Waals surface area contributed by atoms with E-state index in [1.165, 1.54) is 12.1 Å². The Labute approximate surface area is 266 Å². The third kappa shape index (κ3) is 7.60. The second-order valence-corrected chi connectivity index (χ2v) is 11.0. The van der Waals surface area contributed by atoms with Gasteiger partial charge in [0.2, 0.25) is 11.6 Å². The molecule has 4 N–H and O–H groups in total. The number of aromatic nitrogens is 3. The van der Waals surface area contributed by atoms with E-state index >= 15 is 0 Å². The van der Waals surface area contributed by atoms with E-state index in [4.69, 9.17) is 23.7 Å². The van der Waals surface area contributed by atoms with Crippen molar-refractivity contribution in [3.63, 3.8) is 0 Å². The lowest BCUT2D eigenvalue weighted by Crippen LogP contribution is -2.49. The summed E-state index contributed by atoms with van der Waals surface area (Å²) in [6, 6.07) is 12.1. The van der Waals surface area contributed by atoms with Crippen molar-refractivity contribution in [2.45, 2.75) is 56.2 Å². The van der Waals surface area contributed by atoms with Crippen LogP contribution in [0.3, 0.4) is 0 Å². The predicted molar refractivity (Wildman–Crippen MR) is 150 cm³/mol. The van der Waals surface area contributed by atoms with Crippen molar-refractivity contribution in [2.75, 3.05) is 6.61 Å². The van der Waals surface area contributed by atoms with Crippen LogP contribution in [-0.2, 0) is 15.8 Å². The number of hydrogen-bond acceptors (Lipinski definition) is 10. The third-order valence-corrected chi connectivity index (χ3v) is 7.75. The summed E-state index contributed by atoms with van der Waals surface area (Å²) < 4.78 is 89.9. The normalized spacial score (nSPS) is 21.0. The van der Waals surface area contributed by atoms with Gasteiger partial charge in [0.25, 0.3) is 5.89 Å². The van der Waals surface area contributed by atoms with Crippen molar-refractivity contribution in [2.24, 2.45) is 5.92 Å². The Bertz CT molecular complexity index is 1760. The molecule has 2 aromatic heterocycles. The van der Waals surface area contributed by atoms with Gasteiger partial charge in [-0.25, -0.2) is 4.79 Å². The van der Waals surface area contributed by atoms with Crippen molar-refractivity contribution in [3.05, 3.63) is 59.7 Å². The Morgan fingerprint density at radius 1 is 0.917 bits per heavy atom. The molecule has 0 amide bonds. The molecule has 1 saturated carbocycles. The second kappa shape index (κ2) is 13.6. The molecule has 6 rings (SSSR count). The van der Waals surface area contributed by atoms with Gasteiger partial charge in [-0.1, -0.05) is 59.2 Å². The number of hydrogen-bond donors (Lipinski definition) is 4. The number of aliphatic hydroxyl groups is 1. The van der Waals surface area contributed by atoms with E-state index in [-0.39, 0.29) is 29.7 Å². The minimum Gasteiger partial charge on any atom is -0.491 e. The first-order valence-electron chi connectivity index (χ1n) is 14.3. The Morgan fingerprint density at radius 2 is 1.62 bits per heavy atom. The van der Waals surface area contributed by atoms with E-state index in [9.17, 15) is 41.4 Å². The molecule has 2 aromatic carbocycles. The molecule has 0 spiro atoms. The van der Waals surface area contributed by atoms with E-state index in [0.717, 1.165) is 12.8 Å². The summed E-state index contributed by atoms with van der Waals surface area (Å²) in [6.07, 6.45) is -8.08. The van der Waals surface area contributed by atoms with Crippen LogP contribution >= 0.6 is 0 Å². The van der Waals surface area contributed by atoms with E-state index < -0.39 is 59.6 Å². The first-order valence-corrected chi connectivity index (χ1v) is 14.3. The van der Waals surface area contributed by atoms with Gasteiger partial charge in [-0.15, -0.1) is 0 Å². The number of halogens is 6. The number of benzene rings is 2. The zero-order valence-corrected chi connectivity index (χ0v) is 24.5. The van der Waals surface area contributed by atoms with Crippen LogP contribution in [0.4, 0.5) is 26.3 Å². The lowest BCUT2D eigenvalue weighted by atomic mass is 9.85. The maximum Gasteiger partial charge on any atom is 0.490 e. The molecule has 0 unspecified atom stereocenters. The highest BCUT2D eigenvalue weighted by molar-refractivity contribution is 5.73. The molecular formula is C30H26F6N4O8. The highest BCUT2D eigenvalue weighted by Gasteiger charge is 2.43. The molecule has 1 fully saturated rings. The maximum absolute atomic E-state index is 14.0. The van der Waals surface area contributed by atoms with Gasteiger partial charge in [0.15, 0.2) is 0 Å². The van der Waals surface area contributed by atoms with Crippen LogP contribution in [0.25, 0.3) is 34.3 Å². The number of carbonyl (C=O) groups is 2. The number of nitrogens with one attached hydrogen (secondary N) is 1. The van der Waals surface area contributed by atoms with Crippen LogP contribution < -0.4 is 10.1 Å². The summed E-state index contributed by atoms with van der Waals surface area (Å²) in [5, 5.41) is 38.3. The Kier molecular flexibility index (Phi) is 9.76. The van der Waals surface area contributed by atoms with Crippen LogP contribution in [0.15, 0.2) is 57.6 Å². The van der Waals surface area contributed by atoms with E-state index in [1.54, 1.807) is 36.4 Å². The molecule has 48 heavy (non-hydrogen) atoms. The lowest BCUT2D eigenvalue weighted by Gasteiger charge is -2.36. The van der Waals surface area contributed by atoms with Gasteiger partial charge in [-0.05, 0) is 25.3 Å². The van der Waals surface area contributed by atoms with Crippen molar-refractivity contribution >= 4 is 11.9 Å². The van der Waals surface area contributed by atoms with Crippen LogP contribution in [0.5, 0.6) is 5.75 Å². The maximum atomic E-state index is 14.0. The first-order chi connectivity index (χ1) is 22.6. The average Bonchev–Trinajstić information content (AvgIpc) is 3.71. The Morgan fingerprint density at radius 3 is 2.27 bits per heavy atom. The summed E-state index contributed by atoms with van der Waals surface area (Å²) in [5.41, 5.74) is -0.391. The largest absolute Gasteiger partial charge is 0.491 e. The zero-order valence-electron chi connectivity index (χ0n) is 24.5. The molecule has 4 atom stereocenters. The minimum absolute atomic E-state index is 0.00570. The van der Waals surface area contributed by atoms with E-state index in [1.807, 2.05) is 0 Å². The summed E-state index contributed by atoms with van der Waals surface area (Å²) >= 11 is 0. The lowest BCUT2D eigenvalue weighted by molar-refractivity contribution is -0.192. The van der Waals surface area contributed by atoms with E-state index in [2.05, 4.69) is 20.6 Å². The molecule has 0 radical (unpaired) electrons. The molecule has 256 valence electrons. The predicted octanol–water partition coefficient (Wildman–Crippen LogP) is 5.74. The number of rotatable bonds is 6. The number of aliphatic hydroxyl groups excluding tert-OH is 1. The summed E-state index contributed by atoms with van der Waals surface area (Å²) in [4.78, 5) is 24.4. The van der Waals surface area contributed by atoms with Gasteiger partial charge in [0, 0.05) is 22.7 Å². The third-order valence-electron chi connectivity index (χ3n) is 7.75. The topological polar surface area (TPSA) is 181 Å². The van der Waals surface area contributed by atoms with Crippen LogP contribution in [0.1, 0.15) is 42.9 Å². The van der Waals surface area contributed by atoms with Gasteiger partial charge in [0.05, 0.1) is 12.0 Å². The fraction of sp³-hybridized carbons (Fsp3) is 0.367. The minimum atomic E-state index is -5.08. The van der Waals surface area contributed by atoms with Crippen molar-refractivity contribution in [1.82, 2.24) is 20.6 Å². The van der Waals surface area contributed by atoms with Crippen molar-refractivity contribution < 1.29 is 65.0 Å². The molecule has 12 nitrogen and oxygen atoms in total. The van der Waals surface area contributed by atoms with Crippen LogP contribution in [0, 0.1) is 5.92 Å². The standard InChI is InChI=1S/C28H25F3N4O6.C2HF3O2/c29-28(30,31)21-22(14-5-2-1-3-6-14)34-40-24(21)26-33-25(35-41-26)15-9-10-18-20(12-15)39-13-19(23(18)36)32-17-8-4-7-16(11-17)27(37)38;3-2(4,5)1(6)7/h1-3,5-6,9-10,12,16-17,19,23,32,36H,4,7-8,11,13H2,(H,37,38);(H,6,7)/t16-,17+,19-,23+;/m1./s1. The van der Waals surface area contributed by atoms with Crippen molar-refractivity contribution in [1.29, 1.82) is 0 Å². The quantitative estimate of drug-likeness (QED) is 0.181. The number of carboxylic acids is 2. The van der Waals surface area contributed by atoms with Crippen LogP contribution in [0.2, 0.25) is 0 Å². The Hall–Kier alpha value is -4.97. The zero-order chi connectivity index (χ0) is 34.8. The highest BCUT2D eigenvalue weighted by Crippen LogP contribution is 2.43. The number of carboxylic acid groups (broad SMARTS) is 2. The van der Waals surface area contributed by atoms with Gasteiger partial charge in [0.1, 0.15) is 29.7 Å². The summed E-state index contributed by atoms with van der Waals surface area (Å²) in [5.74, 6) is -4.80. The molecule has 0 bridgehead atoms. The fourth-order valence-electron chi connectivity index (χ4n) is 5.46. The molecule has 3 heterocycles. The second-order valence-electron chi connectivity index (χ2n) is 11.0. The molecule has 1 aliphatic carbocycles. The number of ether oxygens (including phenoxy) is 1. The molecule has 0 saturated heterocycles. The van der Waals surface area contributed by atoms with Gasteiger partial charge < -0.3 is 34.4 Å². The van der Waals surface area contributed by atoms with Crippen molar-refractivity contribution in [3.8, 4) is 40.0 Å². The van der Waals surface area contributed by atoms with Gasteiger partial charge in [-0.2, -0.15) is 31.3 Å². The van der Waals surface area contributed by atoms with E-state index in [0.29, 0.717) is 29.7 Å². The fourth-order valence-corrected chi connectivity index (χ4v) is 5.46. The van der Waals surface area contributed by atoms with Crippen LogP contribution in [-0.4, -0.2) is 67.4 Å². The molecule has 1 aliphatic heterocycles. The average molecular weight is 685 g/mol. The molecule has 2 aliphatic rings. The monoisotopic (exact) mass is 684 g/mol. The number of nitrogens with zero attached hydrogens (tertiary/aromatic N) is 3. The highest BCUT2D eigenvalue weighted by atomic mass is 19.4. The van der Waals surface area contributed by atoms with Gasteiger partial charge in [-0.3, -0.25) is 4.79 Å². The molecular weight excluding hydrogens is 658 g/mol.